The molecule has 6 nitrogen and oxygen atoms in total. The Labute approximate surface area is 98.4 Å². The first kappa shape index (κ1) is 16.7. The van der Waals surface area contributed by atoms with E-state index in [1.165, 1.54) is 0 Å². The van der Waals surface area contributed by atoms with E-state index in [1.54, 1.807) is 9.98 Å². The Morgan fingerprint density at radius 2 is 1.00 bits per heavy atom. The molecule has 0 saturated carbocycles. The summed E-state index contributed by atoms with van der Waals surface area (Å²) in [6.45, 7) is 0. The average molecular weight is 290 g/mol. The van der Waals surface area contributed by atoms with Gasteiger partial charge in [0, 0.05) is 0 Å². The van der Waals surface area contributed by atoms with Crippen LogP contribution in [0, 0.1) is 0 Å². The average Bonchev–Trinajstić information content (AvgIpc) is 2.28. The smallest absolute Gasteiger partial charge is 0.264 e. The highest BCUT2D eigenvalue weighted by molar-refractivity contribution is 5.93. The van der Waals surface area contributed by atoms with Gasteiger partial charge < -0.3 is 0 Å². The minimum absolute atomic E-state index is 0.148. The van der Waals surface area contributed by atoms with Gasteiger partial charge in [0.2, 0.25) is 12.2 Å². The fraction of sp³-hybridized carbons (Fsp3) is 0.429. The predicted octanol–water partition coefficient (Wildman–Crippen LogP) is 0.617. The molecule has 0 aromatic carbocycles. The first-order valence-electron chi connectivity index (χ1n) is 3.84. The Morgan fingerprint density at radius 3 is 1.21 bits per heavy atom. The van der Waals surface area contributed by atoms with Crippen molar-refractivity contribution in [1.82, 2.24) is 0 Å². The second-order valence-corrected chi connectivity index (χ2v) is 2.74. The monoisotopic (exact) mass is 290 g/mol. The van der Waals surface area contributed by atoms with Gasteiger partial charge in [-0.1, -0.05) is 0 Å². The van der Waals surface area contributed by atoms with Crippen molar-refractivity contribution in [1.29, 1.82) is 0 Å². The number of halogens is 6. The quantitative estimate of drug-likeness (QED) is 0.431. The van der Waals surface area contributed by atoms with Crippen LogP contribution in [0.4, 0.5) is 26.3 Å². The lowest BCUT2D eigenvalue weighted by molar-refractivity contribution is -0.284. The molecule has 0 spiro atoms. The molecule has 0 radical (unpaired) electrons. The number of nitrogens with zero attached hydrogens (tertiary/aromatic N) is 2. The van der Waals surface area contributed by atoms with Crippen molar-refractivity contribution < 1.29 is 45.5 Å². The highest BCUT2D eigenvalue weighted by Crippen LogP contribution is 2.46. The third-order valence-corrected chi connectivity index (χ3v) is 1.62. The third-order valence-electron chi connectivity index (χ3n) is 1.62. The van der Waals surface area contributed by atoms with Crippen molar-refractivity contribution in [3.63, 3.8) is 0 Å². The van der Waals surface area contributed by atoms with Gasteiger partial charge in [0.15, 0.2) is 0 Å². The van der Waals surface area contributed by atoms with Gasteiger partial charge in [0.05, 0.1) is 0 Å². The van der Waals surface area contributed by atoms with Crippen LogP contribution in [-0.2, 0) is 19.2 Å². The molecule has 0 saturated heterocycles. The largest absolute Gasteiger partial charge is 0.396 e. The van der Waals surface area contributed by atoms with E-state index in [0.29, 0.717) is 0 Å². The summed E-state index contributed by atoms with van der Waals surface area (Å²) < 4.78 is 76.5. The van der Waals surface area contributed by atoms with Crippen LogP contribution in [0.2, 0.25) is 0 Å². The maximum atomic E-state index is 12.8. The standard InChI is InChI=1S/C7F6N2O4/c8-5(9,3(18)14-1-16)7(12,13)6(10,11)4(19)15-2-17. The molecular weight excluding hydrogens is 290 g/mol. The van der Waals surface area contributed by atoms with E-state index in [2.05, 4.69) is 0 Å². The minimum Gasteiger partial charge on any atom is -0.264 e. The van der Waals surface area contributed by atoms with E-state index in [4.69, 9.17) is 0 Å². The first-order valence-corrected chi connectivity index (χ1v) is 3.84. The molecule has 0 fully saturated rings. The van der Waals surface area contributed by atoms with Gasteiger partial charge in [0.1, 0.15) is 0 Å². The van der Waals surface area contributed by atoms with Crippen LogP contribution in [0.25, 0.3) is 0 Å². The summed E-state index contributed by atoms with van der Waals surface area (Å²) in [5.41, 5.74) is 0. The number of carbonyl (C=O) groups excluding carboxylic acids is 4. The van der Waals surface area contributed by atoms with Crippen LogP contribution in [-0.4, -0.2) is 41.7 Å². The predicted molar refractivity (Wildman–Crippen MR) is 41.1 cm³/mol. The minimum atomic E-state index is -6.57. The van der Waals surface area contributed by atoms with E-state index in [-0.39, 0.29) is 12.2 Å². The summed E-state index contributed by atoms with van der Waals surface area (Å²) in [6, 6.07) is 0. The summed E-state index contributed by atoms with van der Waals surface area (Å²) in [5, 5.41) is 0. The molecule has 0 aromatic heterocycles. The Bertz CT molecular complexity index is 460. The Kier molecular flexibility index (Phi) is 4.50. The second kappa shape index (κ2) is 5.12. The number of isocyanates is 2. The van der Waals surface area contributed by atoms with Gasteiger partial charge in [-0.2, -0.15) is 26.3 Å². The molecule has 0 aliphatic rings. The molecule has 0 unspecified atom stereocenters. The SMILES string of the molecule is O=C=NC(=O)C(F)(F)C(F)(F)C(F)(F)C(=O)N=C=O. The molecule has 0 N–H and O–H groups in total. The van der Waals surface area contributed by atoms with Crippen molar-refractivity contribution >= 4 is 24.0 Å². The molecular formula is C7F6N2O4. The zero-order chi connectivity index (χ0) is 15.5. The molecule has 0 aromatic rings. The first-order chi connectivity index (χ1) is 8.46. The number of alkyl halides is 6. The lowest BCUT2D eigenvalue weighted by Crippen LogP contribution is -2.60. The summed E-state index contributed by atoms with van der Waals surface area (Å²) in [6.07, 6.45) is 0.296. The molecule has 104 valence electrons. The maximum absolute atomic E-state index is 12.8. The van der Waals surface area contributed by atoms with E-state index in [1.807, 2.05) is 0 Å². The van der Waals surface area contributed by atoms with Crippen LogP contribution in [0.5, 0.6) is 0 Å². The molecule has 0 bridgehead atoms. The second-order valence-electron chi connectivity index (χ2n) is 2.74. The maximum Gasteiger partial charge on any atom is 0.396 e. The lowest BCUT2D eigenvalue weighted by Gasteiger charge is -2.27. The number of carbonyl (C=O) groups is 2. The van der Waals surface area contributed by atoms with Crippen molar-refractivity contribution in [2.45, 2.75) is 17.8 Å². The van der Waals surface area contributed by atoms with Crippen LogP contribution in [0.15, 0.2) is 9.98 Å². The molecule has 19 heavy (non-hydrogen) atoms. The molecule has 0 aliphatic carbocycles. The van der Waals surface area contributed by atoms with E-state index in [9.17, 15) is 45.5 Å². The number of aliphatic imine (C=N–C) groups is 2. The van der Waals surface area contributed by atoms with Gasteiger partial charge >= 0.3 is 29.6 Å². The zero-order valence-electron chi connectivity index (χ0n) is 8.30. The fourth-order valence-corrected chi connectivity index (χ4v) is 0.689. The van der Waals surface area contributed by atoms with E-state index < -0.39 is 29.6 Å². The Hall–Kier alpha value is -2.32. The number of hydrogen-bond donors (Lipinski definition) is 0. The normalized spacial score (nSPS) is 12.1. The third kappa shape index (κ3) is 2.59. The zero-order valence-corrected chi connectivity index (χ0v) is 8.30. The summed E-state index contributed by atoms with van der Waals surface area (Å²) >= 11 is 0. The van der Waals surface area contributed by atoms with Crippen molar-refractivity contribution in [2.75, 3.05) is 0 Å². The molecule has 0 atom stereocenters. The highest BCUT2D eigenvalue weighted by Gasteiger charge is 2.78. The van der Waals surface area contributed by atoms with Crippen molar-refractivity contribution in [3.05, 3.63) is 0 Å². The van der Waals surface area contributed by atoms with E-state index >= 15 is 0 Å². The van der Waals surface area contributed by atoms with Gasteiger partial charge in [-0.05, 0) is 0 Å². The van der Waals surface area contributed by atoms with Crippen LogP contribution < -0.4 is 0 Å². The number of hydrogen-bond acceptors (Lipinski definition) is 4. The van der Waals surface area contributed by atoms with Crippen molar-refractivity contribution in [2.24, 2.45) is 9.98 Å². The van der Waals surface area contributed by atoms with Crippen LogP contribution >= 0.6 is 0 Å². The molecule has 0 heterocycles. The van der Waals surface area contributed by atoms with Crippen LogP contribution in [0.1, 0.15) is 0 Å². The topological polar surface area (TPSA) is 93.0 Å². The Balaban J connectivity index is 5.83. The van der Waals surface area contributed by atoms with Gasteiger partial charge in [-0.25, -0.2) is 9.59 Å². The van der Waals surface area contributed by atoms with Crippen molar-refractivity contribution in [3.8, 4) is 0 Å². The van der Waals surface area contributed by atoms with Gasteiger partial charge in [0.25, 0.3) is 0 Å². The summed E-state index contributed by atoms with van der Waals surface area (Å²) in [7, 11) is 0. The molecule has 0 aliphatic heterocycles. The summed E-state index contributed by atoms with van der Waals surface area (Å²) in [5.74, 6) is -25.4. The number of amides is 2. The highest BCUT2D eigenvalue weighted by atomic mass is 19.3. The van der Waals surface area contributed by atoms with Gasteiger partial charge in [-0.3, -0.25) is 9.59 Å². The van der Waals surface area contributed by atoms with E-state index in [0.717, 1.165) is 0 Å². The van der Waals surface area contributed by atoms with Gasteiger partial charge in [-0.15, -0.1) is 9.98 Å². The van der Waals surface area contributed by atoms with Crippen LogP contribution in [0.3, 0.4) is 0 Å². The lowest BCUT2D eigenvalue weighted by atomic mass is 10.0. The Morgan fingerprint density at radius 1 is 0.737 bits per heavy atom. The molecule has 2 amide bonds. The molecule has 12 heteroatoms. The number of rotatable bonds is 4. The molecule has 0 rings (SSSR count). The fourth-order valence-electron chi connectivity index (χ4n) is 0.689. The summed E-state index contributed by atoms with van der Waals surface area (Å²) in [4.78, 5) is 42.7.